The summed E-state index contributed by atoms with van der Waals surface area (Å²) >= 11 is 0. The van der Waals surface area contributed by atoms with Crippen molar-refractivity contribution in [2.75, 3.05) is 77.6 Å². The fourth-order valence-corrected chi connectivity index (χ4v) is 20.4. The van der Waals surface area contributed by atoms with Crippen LogP contribution in [0.1, 0.15) is 0 Å². The van der Waals surface area contributed by atoms with Gasteiger partial charge in [0.1, 0.15) is 281 Å². The van der Waals surface area contributed by atoms with Crippen molar-refractivity contribution in [3.63, 3.8) is 0 Å². The maximum absolute atomic E-state index is 12.3. The second-order valence-corrected chi connectivity index (χ2v) is 36.4. The third kappa shape index (κ3) is 21.2. The van der Waals surface area contributed by atoms with Crippen LogP contribution in [0, 0.1) is 0 Å². The highest BCUT2D eigenvalue weighted by atomic mass is 33.1. The second-order valence-electron chi connectivity index (χ2n) is 33.9. The number of ether oxygens (including phenoxy) is 24. The molecule has 58 nitrogen and oxygen atoms in total. The molecular formula is C72H118O58S2. The van der Waals surface area contributed by atoms with Crippen LogP contribution in [0.5, 0.6) is 0 Å². The number of hydrogen-bond donors (Lipinski definition) is 34. The predicted octanol–water partition coefficient (Wildman–Crippen LogP) is -23.7. The fourth-order valence-electron chi connectivity index (χ4n) is 18.1. The zero-order valence-electron chi connectivity index (χ0n) is 68.9. The third-order valence-electron chi connectivity index (χ3n) is 25.5. The van der Waals surface area contributed by atoms with Crippen LogP contribution in [0.4, 0.5) is 0 Å². The maximum atomic E-state index is 12.3. The molecule has 44 aliphatic rings. The van der Waals surface area contributed by atoms with Crippen molar-refractivity contribution in [2.24, 2.45) is 0 Å². The molecule has 0 aliphatic carbocycles. The van der Waals surface area contributed by atoms with E-state index in [4.69, 9.17) is 114 Å². The van der Waals surface area contributed by atoms with Gasteiger partial charge in [0.05, 0.1) is 78.3 Å². The molecule has 0 aromatic carbocycles. The average Bonchev–Trinajstić information content (AvgIpc) is 0.767. The normalized spacial score (nSPS) is 55.5. The van der Waals surface area contributed by atoms with E-state index in [9.17, 15) is 174 Å². The molecule has 0 aromatic heterocycles. The third-order valence-corrected chi connectivity index (χ3v) is 27.9. The smallest absolute Gasteiger partial charge is 0.187 e. The van der Waals surface area contributed by atoms with Gasteiger partial charge in [0.15, 0.2) is 75.5 Å². The Labute approximate surface area is 752 Å². The molecule has 24 bridgehead atoms. The summed E-state index contributed by atoms with van der Waals surface area (Å²) in [4.78, 5) is 0. The topological polar surface area (TPSA) is 909 Å². The van der Waals surface area contributed by atoms with E-state index in [2.05, 4.69) is 0 Å². The maximum Gasteiger partial charge on any atom is 0.187 e. The Balaban J connectivity index is 0.751. The molecule has 132 heavy (non-hydrogen) atoms. The Morgan fingerprint density at radius 3 is 0.288 bits per heavy atom. The Hall–Kier alpha value is -1.62. The Morgan fingerprint density at radius 2 is 0.197 bits per heavy atom. The number of rotatable bonds is 15. The van der Waals surface area contributed by atoms with Crippen LogP contribution < -0.4 is 0 Å². The minimum absolute atomic E-state index is 0.649. The van der Waals surface area contributed by atoms with Gasteiger partial charge in [0.25, 0.3) is 0 Å². The highest BCUT2D eigenvalue weighted by molar-refractivity contribution is 8.76. The Kier molecular flexibility index (Phi) is 36.6. The van der Waals surface area contributed by atoms with Gasteiger partial charge in [-0.25, -0.2) is 0 Å². The van der Waals surface area contributed by atoms with Gasteiger partial charge >= 0.3 is 0 Å². The lowest BCUT2D eigenvalue weighted by Crippen LogP contribution is -2.69. The van der Waals surface area contributed by atoms with E-state index in [1.807, 2.05) is 0 Å². The summed E-state index contributed by atoms with van der Waals surface area (Å²) in [6.45, 7) is -11.5. The molecule has 0 unspecified atom stereocenters. The lowest BCUT2D eigenvalue weighted by Gasteiger charge is -2.51. The average molecular weight is 1980 g/mol. The van der Waals surface area contributed by atoms with Crippen LogP contribution in [0.2, 0.25) is 0 Å². The first kappa shape index (κ1) is 106. The molecule has 44 aliphatic heterocycles. The highest BCUT2D eigenvalue weighted by Crippen LogP contribution is 2.45. The first-order valence-electron chi connectivity index (χ1n) is 42.3. The van der Waals surface area contributed by atoms with E-state index in [-0.39, 0.29) is 0 Å². The van der Waals surface area contributed by atoms with Gasteiger partial charge in [0, 0.05) is 11.5 Å². The molecule has 0 saturated carbocycles. The van der Waals surface area contributed by atoms with Crippen molar-refractivity contribution in [1.82, 2.24) is 0 Å². The van der Waals surface area contributed by atoms with Gasteiger partial charge in [-0.15, -0.1) is 0 Å². The van der Waals surface area contributed by atoms with Gasteiger partial charge in [0.2, 0.25) is 0 Å². The van der Waals surface area contributed by atoms with Gasteiger partial charge < -0.3 is 287 Å². The molecule has 0 radical (unpaired) electrons. The van der Waals surface area contributed by atoms with Crippen LogP contribution in [0.25, 0.3) is 0 Å². The summed E-state index contributed by atoms with van der Waals surface area (Å²) < 4.78 is 141. The first-order valence-corrected chi connectivity index (χ1v) is 44.8. The standard InChI is InChI=1S/C72H118O58S2/c73-1-13-49-25(83)37(95)61(107-13)121-51-15(3-75)111-65(41(99)29(51)87)125-55-19(7-79)115-69(45(103)33(55)91)129-59-23(117-71(47(105)35(59)93)127-57-21(9-81)113-67(43(101)31(57)89)123-53-17(5-77)109-63(119-49)39(97)27(53)85)11-131-132-12-24-60-36(94)48(106)72(118-24)128-58-22(10-82)114-68(44(102)32(58)90)124-54-18(6-78)110-64(40(98)28(54)86)120-50-14(2-74)108-62(38(96)26(50)84)122-52-16(4-76)112-66(42(100)30(52)88)126-56-20(8-80)116-70(130-60)46(104)34(56)92/h13-106H,1-12H2/t13-,14-,15-,16-,17-,18-,19-,20-,21-,22-,23-,24-,25-,26-,27-,28-,29-,30-,31-,32-,33-,34-,35-,36-,37-,38-,39-,40-,41-,42-,43-,44-,45-,46-,47-,48-,49-,50-,51-,52-,53-,54-,55-,56-,57-,58-,59-,60-,61-,62-,63-,64-,65-,66-,67-,68-,69-,70-,71-,72-/m1/s1. The van der Waals surface area contributed by atoms with E-state index in [1.165, 1.54) is 0 Å². The van der Waals surface area contributed by atoms with E-state index >= 15 is 0 Å². The summed E-state index contributed by atoms with van der Waals surface area (Å²) in [6, 6.07) is 0. The van der Waals surface area contributed by atoms with Crippen molar-refractivity contribution in [2.45, 2.75) is 368 Å². The highest BCUT2D eigenvalue weighted by Gasteiger charge is 2.64. The van der Waals surface area contributed by atoms with Crippen LogP contribution in [0.15, 0.2) is 0 Å². The van der Waals surface area contributed by atoms with Crippen LogP contribution >= 0.6 is 21.6 Å². The minimum atomic E-state index is -2.44. The number of aliphatic hydroxyl groups excluding tert-OH is 34. The van der Waals surface area contributed by atoms with Crippen molar-refractivity contribution in [3.05, 3.63) is 0 Å². The molecular weight excluding hydrogens is 1860 g/mol. The molecule has 60 heteroatoms. The quantitative estimate of drug-likeness (QED) is 0.0535. The molecule has 34 N–H and O–H groups in total. The molecule has 0 amide bonds. The van der Waals surface area contributed by atoms with E-state index in [0.29, 0.717) is 21.6 Å². The molecule has 60 atom stereocenters. The zero-order valence-corrected chi connectivity index (χ0v) is 70.6. The van der Waals surface area contributed by atoms with Crippen LogP contribution in [-0.4, -0.2) is 620 Å². The van der Waals surface area contributed by atoms with E-state index in [1.54, 1.807) is 0 Å². The predicted molar refractivity (Wildman–Crippen MR) is 402 cm³/mol. The monoisotopic (exact) mass is 1970 g/mol. The van der Waals surface area contributed by atoms with Crippen LogP contribution in [-0.2, 0) is 114 Å². The van der Waals surface area contributed by atoms with Gasteiger partial charge in [-0.2, -0.15) is 0 Å². The summed E-state index contributed by atoms with van der Waals surface area (Å²) in [7, 11) is 1.31. The van der Waals surface area contributed by atoms with E-state index < -0.39 is 446 Å². The SMILES string of the molecule is OC[C@H]1O[C@@H]2O[C@H]3[C@H](O)[C@@H](O)[C@@H](O[C@H]4[C@H](O)[C@@H](O)[C@@H](O[C@H]5[C@H](O)[C@@H](O)[C@@H](O[C@H]6[C@H](O)[C@@H](O)[C@@H](O[C@H]7[C@H](O)[C@@H](O)[C@@H](O[C@H]1[C@H](O)[C@H]2O)O[C@@H]7CO)O[C@@H]6CO)O[C@@H]5CSSC[C@H]1O[C@@H]2O[C@H]5[C@H](O)[C@@H](O)[C@@H](O[C@H]6[C@H](O)[C@@H](O)[C@@H](O[C@H]7[C@H](O)[C@@H](O)[C@@H](O[C@H]8[C@H](O)[C@@H](O)[C@@H](O[C@H]9[C@H](O)[C@@H](O)[C@@H](O[C@H]1[C@H](O)[C@H]2O)O[C@@H]9CO)O[C@@H]8CO)O[C@@H]7CO)O[C@@H]6CO)O[C@@H]5CO)O[C@@H]4CO)O[C@@H]3CO. The van der Waals surface area contributed by atoms with Gasteiger partial charge in [-0.3, -0.25) is 0 Å². The van der Waals surface area contributed by atoms with Crippen LogP contribution in [0.3, 0.4) is 0 Å². The number of hydrogen-bond acceptors (Lipinski definition) is 60. The fraction of sp³-hybridized carbons (Fsp3) is 1.00. The molecule has 766 valence electrons. The van der Waals surface area contributed by atoms with Gasteiger partial charge in [-0.05, 0) is 0 Å². The largest absolute Gasteiger partial charge is 0.394 e. The molecule has 44 fully saturated rings. The molecule has 0 aromatic rings. The van der Waals surface area contributed by atoms with Crippen molar-refractivity contribution < 1.29 is 287 Å². The molecule has 44 rings (SSSR count). The first-order chi connectivity index (χ1) is 62.9. The van der Waals surface area contributed by atoms with Gasteiger partial charge in [-0.1, -0.05) is 21.6 Å². The number of aliphatic hydroxyl groups is 34. The summed E-state index contributed by atoms with van der Waals surface area (Å²) in [5.74, 6) is -1.30. The summed E-state index contributed by atoms with van der Waals surface area (Å²) in [5.41, 5.74) is 0. The lowest BCUT2D eigenvalue weighted by atomic mass is 9.95. The van der Waals surface area contributed by atoms with Crippen molar-refractivity contribution >= 4 is 21.6 Å². The summed E-state index contributed by atoms with van der Waals surface area (Å²) in [6.07, 6.45) is -129. The molecule has 0 spiro atoms. The molecule has 44 saturated heterocycles. The Bertz CT molecular complexity index is 3280. The van der Waals surface area contributed by atoms with Crippen molar-refractivity contribution in [3.8, 4) is 0 Å². The zero-order chi connectivity index (χ0) is 95.5. The summed E-state index contributed by atoms with van der Waals surface area (Å²) in [5, 5.41) is 389. The van der Waals surface area contributed by atoms with E-state index in [0.717, 1.165) is 0 Å². The molecule has 44 heterocycles. The lowest BCUT2D eigenvalue weighted by molar-refractivity contribution is -0.403. The second kappa shape index (κ2) is 45.5. The van der Waals surface area contributed by atoms with Crippen molar-refractivity contribution in [1.29, 1.82) is 0 Å². The Morgan fingerprint density at radius 1 is 0.114 bits per heavy atom. The minimum Gasteiger partial charge on any atom is -0.394 e.